The molecule has 0 aliphatic heterocycles. The third kappa shape index (κ3) is 2.79. The van der Waals surface area contributed by atoms with Crippen LogP contribution in [-0.4, -0.2) is 20.7 Å². The maximum atomic E-state index is 13.1. The summed E-state index contributed by atoms with van der Waals surface area (Å²) in [5.41, 5.74) is 1.98. The Morgan fingerprint density at radius 1 is 1.29 bits per heavy atom. The number of fused-ring (bicyclic) bond motifs is 1. The number of anilines is 1. The SMILES string of the molecule is Cc1cc2c(=O)n(CCNc3cccc(F)c3)ccn2n1. The molecule has 0 amide bonds. The quantitative estimate of drug-likeness (QED) is 0.798. The van der Waals surface area contributed by atoms with E-state index in [9.17, 15) is 9.18 Å². The molecule has 0 fully saturated rings. The molecule has 0 atom stereocenters. The largest absolute Gasteiger partial charge is 0.383 e. The summed E-state index contributed by atoms with van der Waals surface area (Å²) in [6.07, 6.45) is 3.46. The number of aryl methyl sites for hydroxylation is 1. The van der Waals surface area contributed by atoms with E-state index in [-0.39, 0.29) is 11.4 Å². The van der Waals surface area contributed by atoms with E-state index in [0.29, 0.717) is 24.3 Å². The molecular formula is C15H15FN4O. The Labute approximate surface area is 120 Å². The van der Waals surface area contributed by atoms with Crippen molar-refractivity contribution < 1.29 is 4.39 Å². The van der Waals surface area contributed by atoms with E-state index in [4.69, 9.17) is 0 Å². The standard InChI is InChI=1S/C15H15FN4O/c1-11-9-14-15(21)19(7-8-20(14)18-11)6-5-17-13-4-2-3-12(16)10-13/h2-4,7-10,17H,5-6H2,1H3. The van der Waals surface area contributed by atoms with Crippen molar-refractivity contribution >= 4 is 11.2 Å². The summed E-state index contributed by atoms with van der Waals surface area (Å²) in [5.74, 6) is -0.284. The number of benzene rings is 1. The van der Waals surface area contributed by atoms with E-state index in [1.165, 1.54) is 12.1 Å². The van der Waals surface area contributed by atoms with Gasteiger partial charge in [0.25, 0.3) is 5.56 Å². The van der Waals surface area contributed by atoms with Gasteiger partial charge in [-0.1, -0.05) is 6.07 Å². The van der Waals surface area contributed by atoms with Crippen molar-refractivity contribution in [2.24, 2.45) is 0 Å². The highest BCUT2D eigenvalue weighted by atomic mass is 19.1. The number of hydrogen-bond acceptors (Lipinski definition) is 3. The lowest BCUT2D eigenvalue weighted by atomic mass is 10.3. The van der Waals surface area contributed by atoms with E-state index in [1.54, 1.807) is 39.7 Å². The van der Waals surface area contributed by atoms with Gasteiger partial charge in [-0.15, -0.1) is 0 Å². The minimum Gasteiger partial charge on any atom is -0.383 e. The molecule has 0 aliphatic rings. The fourth-order valence-electron chi connectivity index (χ4n) is 2.24. The second kappa shape index (κ2) is 5.40. The minimum atomic E-state index is -0.284. The monoisotopic (exact) mass is 286 g/mol. The van der Waals surface area contributed by atoms with Crippen LogP contribution >= 0.6 is 0 Å². The van der Waals surface area contributed by atoms with Crippen molar-refractivity contribution in [3.63, 3.8) is 0 Å². The summed E-state index contributed by atoms with van der Waals surface area (Å²) in [7, 11) is 0. The van der Waals surface area contributed by atoms with Gasteiger partial charge in [-0.2, -0.15) is 5.10 Å². The molecule has 1 N–H and O–H groups in total. The van der Waals surface area contributed by atoms with E-state index < -0.39 is 0 Å². The van der Waals surface area contributed by atoms with Crippen molar-refractivity contribution in [2.45, 2.75) is 13.5 Å². The minimum absolute atomic E-state index is 0.0841. The molecule has 108 valence electrons. The summed E-state index contributed by atoms with van der Waals surface area (Å²) in [5, 5.41) is 7.29. The first kappa shape index (κ1) is 13.4. The van der Waals surface area contributed by atoms with Gasteiger partial charge in [-0.25, -0.2) is 8.91 Å². The first-order valence-corrected chi connectivity index (χ1v) is 6.68. The topological polar surface area (TPSA) is 51.3 Å². The Morgan fingerprint density at radius 3 is 2.95 bits per heavy atom. The van der Waals surface area contributed by atoms with E-state index in [2.05, 4.69) is 10.4 Å². The fourth-order valence-corrected chi connectivity index (χ4v) is 2.24. The third-order valence-corrected chi connectivity index (χ3v) is 3.23. The average Bonchev–Trinajstić information content (AvgIpc) is 2.83. The molecule has 0 bridgehead atoms. The average molecular weight is 286 g/mol. The van der Waals surface area contributed by atoms with E-state index in [0.717, 1.165) is 5.69 Å². The molecular weight excluding hydrogens is 271 g/mol. The number of halogens is 1. The van der Waals surface area contributed by atoms with Crippen molar-refractivity contribution in [3.8, 4) is 0 Å². The Morgan fingerprint density at radius 2 is 2.14 bits per heavy atom. The van der Waals surface area contributed by atoms with Gasteiger partial charge >= 0.3 is 0 Å². The van der Waals surface area contributed by atoms with Crippen LogP contribution in [0.4, 0.5) is 10.1 Å². The van der Waals surface area contributed by atoms with Crippen molar-refractivity contribution in [2.75, 3.05) is 11.9 Å². The lowest BCUT2D eigenvalue weighted by Gasteiger charge is -2.08. The van der Waals surface area contributed by atoms with Gasteiger partial charge in [0.2, 0.25) is 0 Å². The smallest absolute Gasteiger partial charge is 0.276 e. The maximum Gasteiger partial charge on any atom is 0.276 e. The molecule has 0 aliphatic carbocycles. The summed E-state index contributed by atoms with van der Waals surface area (Å²) in [6.45, 7) is 2.88. The van der Waals surface area contributed by atoms with Gasteiger partial charge in [0.05, 0.1) is 5.69 Å². The molecule has 0 unspecified atom stereocenters. The number of nitrogens with one attached hydrogen (secondary N) is 1. The Kier molecular flexibility index (Phi) is 3.43. The Balaban J connectivity index is 1.73. The van der Waals surface area contributed by atoms with Crippen molar-refractivity contribution in [3.05, 3.63) is 64.6 Å². The highest BCUT2D eigenvalue weighted by Crippen LogP contribution is 2.08. The van der Waals surface area contributed by atoms with Gasteiger partial charge in [-0.05, 0) is 31.2 Å². The Bertz CT molecular complexity index is 837. The van der Waals surface area contributed by atoms with Crippen LogP contribution in [0.15, 0.2) is 47.5 Å². The van der Waals surface area contributed by atoms with Crippen LogP contribution in [0.5, 0.6) is 0 Å². The predicted octanol–water partition coefficient (Wildman–Crippen LogP) is 2.06. The predicted molar refractivity (Wildman–Crippen MR) is 79.1 cm³/mol. The second-order valence-corrected chi connectivity index (χ2v) is 4.85. The van der Waals surface area contributed by atoms with Crippen LogP contribution in [0.25, 0.3) is 5.52 Å². The second-order valence-electron chi connectivity index (χ2n) is 4.85. The molecule has 0 spiro atoms. The number of hydrogen-bond donors (Lipinski definition) is 1. The third-order valence-electron chi connectivity index (χ3n) is 3.23. The molecule has 0 radical (unpaired) electrons. The normalized spacial score (nSPS) is 11.0. The molecule has 0 saturated carbocycles. The first-order valence-electron chi connectivity index (χ1n) is 6.68. The van der Waals surface area contributed by atoms with Gasteiger partial charge in [0.1, 0.15) is 11.3 Å². The molecule has 0 saturated heterocycles. The molecule has 21 heavy (non-hydrogen) atoms. The lowest BCUT2D eigenvalue weighted by molar-refractivity contribution is 0.627. The van der Waals surface area contributed by atoms with Gasteiger partial charge < -0.3 is 9.88 Å². The van der Waals surface area contributed by atoms with Crippen LogP contribution in [0.3, 0.4) is 0 Å². The van der Waals surface area contributed by atoms with Crippen LogP contribution in [0.2, 0.25) is 0 Å². The highest BCUT2D eigenvalue weighted by Gasteiger charge is 2.05. The van der Waals surface area contributed by atoms with Crippen LogP contribution in [0.1, 0.15) is 5.69 Å². The van der Waals surface area contributed by atoms with Crippen LogP contribution < -0.4 is 10.9 Å². The van der Waals surface area contributed by atoms with Crippen LogP contribution in [0, 0.1) is 12.7 Å². The zero-order chi connectivity index (χ0) is 14.8. The number of aromatic nitrogens is 3. The molecule has 6 heteroatoms. The summed E-state index contributed by atoms with van der Waals surface area (Å²) in [6, 6.07) is 8.01. The van der Waals surface area contributed by atoms with Gasteiger partial charge in [-0.3, -0.25) is 4.79 Å². The molecule has 2 aromatic heterocycles. The summed E-state index contributed by atoms with van der Waals surface area (Å²) >= 11 is 0. The molecule has 3 rings (SSSR count). The summed E-state index contributed by atoms with van der Waals surface area (Å²) in [4.78, 5) is 12.3. The van der Waals surface area contributed by atoms with Crippen molar-refractivity contribution in [1.29, 1.82) is 0 Å². The number of rotatable bonds is 4. The number of nitrogens with zero attached hydrogens (tertiary/aromatic N) is 3. The molecule has 5 nitrogen and oxygen atoms in total. The maximum absolute atomic E-state index is 13.1. The van der Waals surface area contributed by atoms with Gasteiger partial charge in [0.15, 0.2) is 0 Å². The lowest BCUT2D eigenvalue weighted by Crippen LogP contribution is -2.24. The van der Waals surface area contributed by atoms with E-state index >= 15 is 0 Å². The molecule has 1 aromatic carbocycles. The van der Waals surface area contributed by atoms with E-state index in [1.807, 2.05) is 6.92 Å². The fraction of sp³-hybridized carbons (Fsp3) is 0.200. The van der Waals surface area contributed by atoms with Crippen molar-refractivity contribution in [1.82, 2.24) is 14.2 Å². The summed E-state index contributed by atoms with van der Waals surface area (Å²) < 4.78 is 16.2. The molecule has 2 heterocycles. The highest BCUT2D eigenvalue weighted by molar-refractivity contribution is 5.45. The van der Waals surface area contributed by atoms with Gasteiger partial charge in [0, 0.05) is 31.2 Å². The first-order chi connectivity index (χ1) is 10.1. The molecule has 3 aromatic rings. The van der Waals surface area contributed by atoms with Crippen LogP contribution in [-0.2, 0) is 6.54 Å². The Hall–Kier alpha value is -2.63. The zero-order valence-corrected chi connectivity index (χ0v) is 11.6. The zero-order valence-electron chi connectivity index (χ0n) is 11.6.